The average Bonchev–Trinajstić information content (AvgIpc) is 2.65. The van der Waals surface area contributed by atoms with Crippen LogP contribution in [0.1, 0.15) is 32.0 Å². The van der Waals surface area contributed by atoms with Gasteiger partial charge in [0.25, 0.3) is 11.1 Å². The molecule has 3 heterocycles. The van der Waals surface area contributed by atoms with Gasteiger partial charge in [0.15, 0.2) is 0 Å². The van der Waals surface area contributed by atoms with E-state index in [-0.39, 0.29) is 16.5 Å². The second kappa shape index (κ2) is 8.36. The van der Waals surface area contributed by atoms with Gasteiger partial charge in [-0.15, -0.1) is 0 Å². The molecule has 8 nitrogen and oxygen atoms in total. The number of hydrogen-bond donors (Lipinski definition) is 0. The van der Waals surface area contributed by atoms with Crippen LogP contribution in [-0.2, 0) is 25.6 Å². The van der Waals surface area contributed by atoms with Crippen molar-refractivity contribution in [2.45, 2.75) is 39.3 Å². The molecule has 8 heteroatoms. The number of aromatic nitrogens is 4. The third-order valence-corrected chi connectivity index (χ3v) is 5.21. The summed E-state index contributed by atoms with van der Waals surface area (Å²) >= 11 is 0. The predicted octanol–water partition coefficient (Wildman–Crippen LogP) is 0.452. The number of aryl methyl sites for hydroxylation is 1. The van der Waals surface area contributed by atoms with Crippen LogP contribution in [-0.4, -0.2) is 62.1 Å². The molecular formula is C20H30N6O2. The van der Waals surface area contributed by atoms with Gasteiger partial charge in [-0.3, -0.25) is 19.4 Å². The summed E-state index contributed by atoms with van der Waals surface area (Å²) in [5.41, 5.74) is 1.54. The van der Waals surface area contributed by atoms with Crippen molar-refractivity contribution < 1.29 is 0 Å². The molecule has 2 aromatic heterocycles. The van der Waals surface area contributed by atoms with Gasteiger partial charge in [0.2, 0.25) is 0 Å². The Morgan fingerprint density at radius 1 is 0.964 bits per heavy atom. The lowest BCUT2D eigenvalue weighted by molar-refractivity contribution is 0.122. The fourth-order valence-corrected chi connectivity index (χ4v) is 3.33. The smallest absolute Gasteiger partial charge is 0.270 e. The van der Waals surface area contributed by atoms with Crippen molar-refractivity contribution in [3.8, 4) is 0 Å². The molecule has 28 heavy (non-hydrogen) atoms. The Morgan fingerprint density at radius 2 is 1.64 bits per heavy atom. The van der Waals surface area contributed by atoms with Crippen LogP contribution in [0, 0.1) is 0 Å². The van der Waals surface area contributed by atoms with Crippen molar-refractivity contribution >= 4 is 0 Å². The first-order valence-electron chi connectivity index (χ1n) is 9.78. The first-order valence-corrected chi connectivity index (χ1v) is 9.78. The summed E-state index contributed by atoms with van der Waals surface area (Å²) in [6.07, 6.45) is 1.67. The van der Waals surface area contributed by atoms with Gasteiger partial charge >= 0.3 is 0 Å². The van der Waals surface area contributed by atoms with Crippen LogP contribution in [0.2, 0.25) is 0 Å². The molecule has 1 fully saturated rings. The van der Waals surface area contributed by atoms with Gasteiger partial charge < -0.3 is 0 Å². The first-order chi connectivity index (χ1) is 13.2. The highest BCUT2D eigenvalue weighted by Gasteiger charge is 2.19. The molecule has 0 atom stereocenters. The Hall–Kier alpha value is -2.32. The fourth-order valence-electron chi connectivity index (χ4n) is 3.33. The Kier molecular flexibility index (Phi) is 6.10. The van der Waals surface area contributed by atoms with Gasteiger partial charge in [0, 0.05) is 69.6 Å². The Bertz CT molecular complexity index is 919. The highest BCUT2D eigenvalue weighted by molar-refractivity contribution is 5.10. The van der Waals surface area contributed by atoms with E-state index in [2.05, 4.69) is 40.8 Å². The SMILES string of the molecule is Cn1nccc(CN2CCN(CCn3nc(C(C)(C)C)ccc3=O)CC2)c1=O. The second-order valence-electron chi connectivity index (χ2n) is 8.43. The summed E-state index contributed by atoms with van der Waals surface area (Å²) < 4.78 is 2.95. The molecule has 1 aliphatic rings. The predicted molar refractivity (Wildman–Crippen MR) is 108 cm³/mol. The van der Waals surface area contributed by atoms with Crippen molar-refractivity contribution in [3.05, 3.63) is 56.4 Å². The molecule has 1 aliphatic heterocycles. The number of nitrogens with zero attached hydrogens (tertiary/aromatic N) is 6. The fraction of sp³-hybridized carbons (Fsp3) is 0.600. The quantitative estimate of drug-likeness (QED) is 0.743. The average molecular weight is 387 g/mol. The van der Waals surface area contributed by atoms with E-state index < -0.39 is 0 Å². The van der Waals surface area contributed by atoms with Gasteiger partial charge in [0.1, 0.15) is 0 Å². The number of hydrogen-bond acceptors (Lipinski definition) is 6. The zero-order valence-electron chi connectivity index (χ0n) is 17.3. The molecule has 0 bridgehead atoms. The number of piperazine rings is 1. The van der Waals surface area contributed by atoms with Crippen molar-refractivity contribution in [1.29, 1.82) is 0 Å². The lowest BCUT2D eigenvalue weighted by Gasteiger charge is -2.34. The maximum atomic E-state index is 12.1. The molecule has 2 aromatic rings. The molecule has 152 valence electrons. The third kappa shape index (κ3) is 4.94. The minimum absolute atomic E-state index is 0.0332. The van der Waals surface area contributed by atoms with E-state index in [1.165, 1.54) is 4.68 Å². The normalized spacial score (nSPS) is 16.4. The minimum Gasteiger partial charge on any atom is -0.299 e. The van der Waals surface area contributed by atoms with Crippen molar-refractivity contribution in [2.75, 3.05) is 32.7 Å². The summed E-state index contributed by atoms with van der Waals surface area (Å²) in [7, 11) is 1.68. The van der Waals surface area contributed by atoms with Gasteiger partial charge in [0.05, 0.1) is 12.2 Å². The van der Waals surface area contributed by atoms with Crippen molar-refractivity contribution in [2.24, 2.45) is 7.05 Å². The van der Waals surface area contributed by atoms with Gasteiger partial charge in [-0.1, -0.05) is 20.8 Å². The monoisotopic (exact) mass is 386 g/mol. The van der Waals surface area contributed by atoms with Crippen LogP contribution in [0.15, 0.2) is 34.0 Å². The molecule has 0 spiro atoms. The van der Waals surface area contributed by atoms with Crippen molar-refractivity contribution in [1.82, 2.24) is 29.4 Å². The van der Waals surface area contributed by atoms with Gasteiger partial charge in [-0.2, -0.15) is 10.2 Å². The van der Waals surface area contributed by atoms with Crippen LogP contribution < -0.4 is 11.1 Å². The second-order valence-corrected chi connectivity index (χ2v) is 8.43. The van der Waals surface area contributed by atoms with Gasteiger partial charge in [-0.25, -0.2) is 9.36 Å². The maximum Gasteiger partial charge on any atom is 0.270 e. The number of rotatable bonds is 5. The molecule has 1 saturated heterocycles. The Labute approximate surface area is 165 Å². The largest absolute Gasteiger partial charge is 0.299 e. The van der Waals surface area contributed by atoms with E-state index in [4.69, 9.17) is 0 Å². The summed E-state index contributed by atoms with van der Waals surface area (Å²) in [5.74, 6) is 0. The zero-order valence-corrected chi connectivity index (χ0v) is 17.3. The molecular weight excluding hydrogens is 356 g/mol. The molecule has 3 rings (SSSR count). The maximum absolute atomic E-state index is 12.1. The summed E-state index contributed by atoms with van der Waals surface area (Å²) in [6.45, 7) is 12.0. The van der Waals surface area contributed by atoms with E-state index in [0.717, 1.165) is 44.0 Å². The van der Waals surface area contributed by atoms with Crippen LogP contribution in [0.25, 0.3) is 0 Å². The van der Waals surface area contributed by atoms with E-state index in [1.807, 2.05) is 6.07 Å². The van der Waals surface area contributed by atoms with E-state index in [9.17, 15) is 9.59 Å². The Balaban J connectivity index is 1.53. The first kappa shape index (κ1) is 20.4. The van der Waals surface area contributed by atoms with E-state index in [1.54, 1.807) is 30.1 Å². The van der Waals surface area contributed by atoms with Crippen molar-refractivity contribution in [3.63, 3.8) is 0 Å². The van der Waals surface area contributed by atoms with E-state index in [0.29, 0.717) is 13.1 Å². The molecule has 0 aliphatic carbocycles. The zero-order chi connectivity index (χ0) is 20.3. The topological polar surface area (TPSA) is 76.3 Å². The minimum atomic E-state index is -0.0783. The molecule has 0 N–H and O–H groups in total. The van der Waals surface area contributed by atoms with Gasteiger partial charge in [-0.05, 0) is 12.1 Å². The summed E-state index contributed by atoms with van der Waals surface area (Å²) in [5, 5.41) is 8.51. The molecule has 0 amide bonds. The van der Waals surface area contributed by atoms with Crippen LogP contribution in [0.5, 0.6) is 0 Å². The molecule has 0 unspecified atom stereocenters. The highest BCUT2D eigenvalue weighted by Crippen LogP contribution is 2.18. The molecule has 0 aromatic carbocycles. The standard InChI is InChI=1S/C20H30N6O2/c1-20(2,3)17-5-6-18(27)26(22-17)14-13-24-9-11-25(12-10-24)15-16-7-8-21-23(4)19(16)28/h5-8H,9-15H2,1-4H3. The summed E-state index contributed by atoms with van der Waals surface area (Å²) in [4.78, 5) is 28.9. The van der Waals surface area contributed by atoms with E-state index >= 15 is 0 Å². The van der Waals surface area contributed by atoms with Crippen LogP contribution in [0.3, 0.4) is 0 Å². The highest BCUT2D eigenvalue weighted by atomic mass is 16.1. The Morgan fingerprint density at radius 3 is 2.32 bits per heavy atom. The lowest BCUT2D eigenvalue weighted by atomic mass is 9.92. The third-order valence-electron chi connectivity index (χ3n) is 5.21. The van der Waals surface area contributed by atoms with Crippen LogP contribution >= 0.6 is 0 Å². The molecule has 0 saturated carbocycles. The lowest BCUT2D eigenvalue weighted by Crippen LogP contribution is -2.47. The molecule has 0 radical (unpaired) electrons. The summed E-state index contributed by atoms with van der Waals surface area (Å²) in [6, 6.07) is 5.23. The van der Waals surface area contributed by atoms with Crippen LogP contribution in [0.4, 0.5) is 0 Å².